The minimum absolute atomic E-state index is 0.305. The second-order valence-corrected chi connectivity index (χ2v) is 4.70. The van der Waals surface area contributed by atoms with Crippen LogP contribution < -0.4 is 0 Å². The molecule has 3 heteroatoms. The van der Waals surface area contributed by atoms with E-state index < -0.39 is 5.60 Å². The van der Waals surface area contributed by atoms with Crippen LogP contribution in [-0.2, 0) is 0 Å². The van der Waals surface area contributed by atoms with Gasteiger partial charge in [-0.05, 0) is 39.2 Å². The van der Waals surface area contributed by atoms with Crippen LogP contribution in [0.3, 0.4) is 0 Å². The molecule has 0 saturated carbocycles. The molecular weight excluding hydrogens is 166 g/mol. The highest BCUT2D eigenvalue weighted by atomic mass is 16.3. The Bertz CT molecular complexity index is 153. The zero-order valence-corrected chi connectivity index (χ0v) is 8.66. The van der Waals surface area contributed by atoms with E-state index >= 15 is 0 Å². The predicted octanol–water partition coefficient (Wildman–Crippen LogP) is 0.462. The summed E-state index contributed by atoms with van der Waals surface area (Å²) in [7, 11) is 0. The minimum atomic E-state index is -0.558. The van der Waals surface area contributed by atoms with E-state index in [1.165, 1.54) is 0 Å². The first-order valence-electron chi connectivity index (χ1n) is 5.07. The largest absolute Gasteiger partial charge is 0.396 e. The van der Waals surface area contributed by atoms with Gasteiger partial charge in [-0.15, -0.1) is 0 Å². The highest BCUT2D eigenvalue weighted by Gasteiger charge is 2.23. The SMILES string of the molecule is CC(C)(O)CCN1CCC(CO)C1. The van der Waals surface area contributed by atoms with Crippen LogP contribution in [-0.4, -0.2) is 47.0 Å². The van der Waals surface area contributed by atoms with E-state index in [2.05, 4.69) is 4.90 Å². The molecule has 1 rings (SSSR count). The van der Waals surface area contributed by atoms with E-state index in [-0.39, 0.29) is 0 Å². The molecule has 0 aliphatic carbocycles. The Labute approximate surface area is 80.4 Å². The smallest absolute Gasteiger partial charge is 0.0603 e. The van der Waals surface area contributed by atoms with Crippen LogP contribution in [0.25, 0.3) is 0 Å². The van der Waals surface area contributed by atoms with Gasteiger partial charge in [0.15, 0.2) is 0 Å². The summed E-state index contributed by atoms with van der Waals surface area (Å²) >= 11 is 0. The third kappa shape index (κ3) is 4.07. The molecule has 2 N–H and O–H groups in total. The second kappa shape index (κ2) is 4.40. The minimum Gasteiger partial charge on any atom is -0.396 e. The van der Waals surface area contributed by atoms with Gasteiger partial charge in [0.1, 0.15) is 0 Å². The van der Waals surface area contributed by atoms with Gasteiger partial charge in [-0.1, -0.05) is 0 Å². The van der Waals surface area contributed by atoms with Crippen LogP contribution in [0.2, 0.25) is 0 Å². The van der Waals surface area contributed by atoms with Gasteiger partial charge in [0.05, 0.1) is 5.60 Å². The number of hydrogen-bond donors (Lipinski definition) is 2. The van der Waals surface area contributed by atoms with Crippen LogP contribution in [0.15, 0.2) is 0 Å². The van der Waals surface area contributed by atoms with E-state index in [9.17, 15) is 5.11 Å². The summed E-state index contributed by atoms with van der Waals surface area (Å²) in [6, 6.07) is 0. The zero-order valence-electron chi connectivity index (χ0n) is 8.66. The van der Waals surface area contributed by atoms with E-state index in [0.29, 0.717) is 12.5 Å². The van der Waals surface area contributed by atoms with Gasteiger partial charge < -0.3 is 15.1 Å². The van der Waals surface area contributed by atoms with E-state index in [4.69, 9.17) is 5.11 Å². The van der Waals surface area contributed by atoms with Crippen LogP contribution >= 0.6 is 0 Å². The molecule has 0 spiro atoms. The molecule has 0 radical (unpaired) electrons. The Morgan fingerprint density at radius 2 is 2.15 bits per heavy atom. The van der Waals surface area contributed by atoms with Crippen LogP contribution in [0.5, 0.6) is 0 Å². The summed E-state index contributed by atoms with van der Waals surface area (Å²) in [6.07, 6.45) is 1.91. The van der Waals surface area contributed by atoms with Gasteiger partial charge >= 0.3 is 0 Å². The first-order chi connectivity index (χ1) is 6.01. The number of hydrogen-bond acceptors (Lipinski definition) is 3. The van der Waals surface area contributed by atoms with Gasteiger partial charge in [-0.3, -0.25) is 0 Å². The highest BCUT2D eigenvalue weighted by Crippen LogP contribution is 2.17. The first kappa shape index (κ1) is 11.0. The molecule has 0 amide bonds. The lowest BCUT2D eigenvalue weighted by Gasteiger charge is -2.22. The average Bonchev–Trinajstić information content (AvgIpc) is 2.47. The molecule has 0 aromatic carbocycles. The second-order valence-electron chi connectivity index (χ2n) is 4.70. The highest BCUT2D eigenvalue weighted by molar-refractivity contribution is 4.77. The normalized spacial score (nSPS) is 25.4. The van der Waals surface area contributed by atoms with E-state index in [0.717, 1.165) is 32.5 Å². The van der Waals surface area contributed by atoms with Gasteiger partial charge in [0.25, 0.3) is 0 Å². The number of aliphatic hydroxyl groups excluding tert-OH is 1. The maximum absolute atomic E-state index is 9.53. The van der Waals surface area contributed by atoms with Crippen molar-refractivity contribution in [2.24, 2.45) is 5.92 Å². The fraction of sp³-hybridized carbons (Fsp3) is 1.00. The maximum atomic E-state index is 9.53. The summed E-state index contributed by atoms with van der Waals surface area (Å²) in [5.41, 5.74) is -0.558. The Morgan fingerprint density at radius 3 is 2.62 bits per heavy atom. The summed E-state index contributed by atoms with van der Waals surface area (Å²) in [5.74, 6) is 0.460. The number of rotatable bonds is 4. The van der Waals surface area contributed by atoms with Crippen molar-refractivity contribution >= 4 is 0 Å². The fourth-order valence-corrected chi connectivity index (χ4v) is 1.70. The lowest BCUT2D eigenvalue weighted by atomic mass is 10.1. The maximum Gasteiger partial charge on any atom is 0.0603 e. The molecule has 3 nitrogen and oxygen atoms in total. The zero-order chi connectivity index (χ0) is 9.90. The standard InChI is InChI=1S/C10H21NO2/c1-10(2,13)4-6-11-5-3-9(7-11)8-12/h9,12-13H,3-8H2,1-2H3. The van der Waals surface area contributed by atoms with E-state index in [1.54, 1.807) is 0 Å². The van der Waals surface area contributed by atoms with Crippen molar-refractivity contribution < 1.29 is 10.2 Å². The predicted molar refractivity (Wildman–Crippen MR) is 52.5 cm³/mol. The van der Waals surface area contributed by atoms with Gasteiger partial charge in [0.2, 0.25) is 0 Å². The van der Waals surface area contributed by atoms with Crippen LogP contribution in [0, 0.1) is 5.92 Å². The Hall–Kier alpha value is -0.120. The molecule has 1 saturated heterocycles. The molecule has 1 heterocycles. The molecule has 1 fully saturated rings. The fourth-order valence-electron chi connectivity index (χ4n) is 1.70. The lowest BCUT2D eigenvalue weighted by molar-refractivity contribution is 0.0598. The Morgan fingerprint density at radius 1 is 1.46 bits per heavy atom. The van der Waals surface area contributed by atoms with Crippen molar-refractivity contribution in [1.29, 1.82) is 0 Å². The number of aliphatic hydroxyl groups is 2. The number of likely N-dealkylation sites (tertiary alicyclic amines) is 1. The van der Waals surface area contributed by atoms with Crippen molar-refractivity contribution in [3.63, 3.8) is 0 Å². The summed E-state index contributed by atoms with van der Waals surface area (Å²) < 4.78 is 0. The Balaban J connectivity index is 2.17. The van der Waals surface area contributed by atoms with Crippen LogP contribution in [0.1, 0.15) is 26.7 Å². The first-order valence-corrected chi connectivity index (χ1v) is 5.07. The molecule has 13 heavy (non-hydrogen) atoms. The summed E-state index contributed by atoms with van der Waals surface area (Å²) in [5, 5.41) is 18.5. The monoisotopic (exact) mass is 187 g/mol. The molecule has 0 aromatic heterocycles. The third-order valence-electron chi connectivity index (χ3n) is 2.67. The van der Waals surface area contributed by atoms with Crippen molar-refractivity contribution in [3.8, 4) is 0 Å². The molecule has 1 atom stereocenters. The molecule has 1 unspecified atom stereocenters. The van der Waals surface area contributed by atoms with Crippen molar-refractivity contribution in [3.05, 3.63) is 0 Å². The van der Waals surface area contributed by atoms with Crippen LogP contribution in [0.4, 0.5) is 0 Å². The molecule has 1 aliphatic heterocycles. The average molecular weight is 187 g/mol. The summed E-state index contributed by atoms with van der Waals surface area (Å²) in [4.78, 5) is 2.32. The van der Waals surface area contributed by atoms with Crippen molar-refractivity contribution in [1.82, 2.24) is 4.90 Å². The molecule has 78 valence electrons. The third-order valence-corrected chi connectivity index (χ3v) is 2.67. The summed E-state index contributed by atoms with van der Waals surface area (Å²) in [6.45, 7) is 6.99. The van der Waals surface area contributed by atoms with Crippen molar-refractivity contribution in [2.45, 2.75) is 32.3 Å². The van der Waals surface area contributed by atoms with Gasteiger partial charge in [0, 0.05) is 19.7 Å². The van der Waals surface area contributed by atoms with E-state index in [1.807, 2.05) is 13.8 Å². The quantitative estimate of drug-likeness (QED) is 0.672. The number of nitrogens with zero attached hydrogens (tertiary/aromatic N) is 1. The molecule has 1 aliphatic rings. The van der Waals surface area contributed by atoms with Gasteiger partial charge in [-0.2, -0.15) is 0 Å². The molecule has 0 aromatic rings. The molecular formula is C10H21NO2. The lowest BCUT2D eigenvalue weighted by Crippen LogP contribution is -2.29. The molecule has 0 bridgehead atoms. The Kier molecular flexibility index (Phi) is 3.71. The van der Waals surface area contributed by atoms with Crippen molar-refractivity contribution in [2.75, 3.05) is 26.2 Å². The topological polar surface area (TPSA) is 43.7 Å². The van der Waals surface area contributed by atoms with Gasteiger partial charge in [-0.25, -0.2) is 0 Å².